The molecule has 1 unspecified atom stereocenters. The van der Waals surface area contributed by atoms with Crippen LogP contribution in [0.4, 0.5) is 23.3 Å². The van der Waals surface area contributed by atoms with Crippen molar-refractivity contribution in [2.75, 3.05) is 23.4 Å². The van der Waals surface area contributed by atoms with Gasteiger partial charge in [-0.3, -0.25) is 4.79 Å². The van der Waals surface area contributed by atoms with Crippen molar-refractivity contribution < 1.29 is 5.11 Å². The molecule has 2 aromatic heterocycles. The summed E-state index contributed by atoms with van der Waals surface area (Å²) in [6.45, 7) is 9.88. The van der Waals surface area contributed by atoms with Crippen molar-refractivity contribution in [1.29, 1.82) is 0 Å². The van der Waals surface area contributed by atoms with Gasteiger partial charge in [0, 0.05) is 43.0 Å². The number of fused-ring (bicyclic) bond motifs is 3. The molecule has 0 bridgehead atoms. The fraction of sp³-hybridized carbons (Fsp3) is 0.385. The lowest BCUT2D eigenvalue weighted by atomic mass is 9.88. The number of aromatic nitrogens is 4. The second-order valence-corrected chi connectivity index (χ2v) is 10.0. The molecule has 1 aliphatic carbocycles. The topological polar surface area (TPSA) is 111 Å². The fourth-order valence-electron chi connectivity index (χ4n) is 5.23. The summed E-state index contributed by atoms with van der Waals surface area (Å²) in [4.78, 5) is 21.6. The van der Waals surface area contributed by atoms with E-state index in [4.69, 9.17) is 4.98 Å². The average molecular weight is 487 g/mol. The predicted molar refractivity (Wildman–Crippen MR) is 137 cm³/mol. The SMILES string of the molecule is C=CCN1C(O)c2cnc(Nc3ccc4c(c3)CNCC43CC3)nc2N1c1ccc(=O)n(C(C)C)n1. The molecule has 6 rings (SSSR count). The van der Waals surface area contributed by atoms with Crippen molar-refractivity contribution in [3.05, 3.63) is 76.2 Å². The highest BCUT2D eigenvalue weighted by Gasteiger charge is 2.46. The predicted octanol–water partition coefficient (Wildman–Crippen LogP) is 3.04. The molecule has 4 heterocycles. The smallest absolute Gasteiger partial charge is 0.267 e. The molecular weight excluding hydrogens is 456 g/mol. The minimum Gasteiger partial charge on any atom is -0.372 e. The number of aliphatic hydroxyl groups excluding tert-OH is 1. The molecule has 10 heteroatoms. The van der Waals surface area contributed by atoms with Crippen LogP contribution in [0.2, 0.25) is 0 Å². The van der Waals surface area contributed by atoms with Gasteiger partial charge >= 0.3 is 0 Å². The van der Waals surface area contributed by atoms with Crippen molar-refractivity contribution in [3.63, 3.8) is 0 Å². The zero-order valence-corrected chi connectivity index (χ0v) is 20.5. The Bertz CT molecular complexity index is 1400. The van der Waals surface area contributed by atoms with Gasteiger partial charge in [0.1, 0.15) is 0 Å². The molecule has 3 aliphatic rings. The van der Waals surface area contributed by atoms with Crippen LogP contribution in [0.1, 0.15) is 55.6 Å². The Balaban J connectivity index is 1.36. The van der Waals surface area contributed by atoms with Crippen LogP contribution >= 0.6 is 0 Å². The highest BCUT2D eigenvalue weighted by Crippen LogP contribution is 2.51. The van der Waals surface area contributed by atoms with Gasteiger partial charge in [0.2, 0.25) is 5.95 Å². The van der Waals surface area contributed by atoms with Gasteiger partial charge in [0.15, 0.2) is 17.9 Å². The van der Waals surface area contributed by atoms with Gasteiger partial charge in [-0.2, -0.15) is 9.99 Å². The van der Waals surface area contributed by atoms with E-state index in [0.717, 1.165) is 18.8 Å². The van der Waals surface area contributed by atoms with E-state index in [9.17, 15) is 9.90 Å². The molecule has 1 saturated carbocycles. The van der Waals surface area contributed by atoms with Crippen LogP contribution in [0.5, 0.6) is 0 Å². The number of benzene rings is 1. The highest BCUT2D eigenvalue weighted by atomic mass is 16.3. The molecule has 0 saturated heterocycles. The second-order valence-electron chi connectivity index (χ2n) is 10.0. The first-order valence-electron chi connectivity index (χ1n) is 12.3. The molecule has 36 heavy (non-hydrogen) atoms. The number of nitrogens with one attached hydrogen (secondary N) is 2. The molecule has 0 amide bonds. The lowest BCUT2D eigenvalue weighted by Gasteiger charge is -2.29. The Hall–Kier alpha value is -3.60. The Morgan fingerprint density at radius 2 is 2.14 bits per heavy atom. The summed E-state index contributed by atoms with van der Waals surface area (Å²) >= 11 is 0. The molecule has 3 N–H and O–H groups in total. The summed E-state index contributed by atoms with van der Waals surface area (Å²) in [6, 6.07) is 9.46. The van der Waals surface area contributed by atoms with Crippen LogP contribution in [-0.4, -0.2) is 43.0 Å². The number of aliphatic hydroxyl groups is 1. The zero-order chi connectivity index (χ0) is 25.0. The van der Waals surface area contributed by atoms with Crippen molar-refractivity contribution in [2.45, 2.75) is 50.9 Å². The van der Waals surface area contributed by atoms with Crippen molar-refractivity contribution >= 4 is 23.3 Å². The molecule has 0 radical (unpaired) electrons. The van der Waals surface area contributed by atoms with E-state index in [2.05, 4.69) is 45.5 Å². The monoisotopic (exact) mass is 486 g/mol. The zero-order valence-electron chi connectivity index (χ0n) is 20.5. The summed E-state index contributed by atoms with van der Waals surface area (Å²) < 4.78 is 1.42. The number of anilines is 4. The van der Waals surface area contributed by atoms with Crippen LogP contribution < -0.4 is 21.2 Å². The molecule has 1 atom stereocenters. The Kier molecular flexibility index (Phi) is 5.40. The summed E-state index contributed by atoms with van der Waals surface area (Å²) in [5, 5.41) is 25.9. The number of rotatable bonds is 6. The molecule has 3 aromatic rings. The van der Waals surface area contributed by atoms with Gasteiger partial charge < -0.3 is 15.7 Å². The normalized spacial score (nSPS) is 19.9. The molecule has 10 nitrogen and oxygen atoms in total. The van der Waals surface area contributed by atoms with E-state index in [1.165, 1.54) is 34.7 Å². The third-order valence-electron chi connectivity index (χ3n) is 7.21. The summed E-state index contributed by atoms with van der Waals surface area (Å²) in [7, 11) is 0. The summed E-state index contributed by atoms with van der Waals surface area (Å²) in [6.07, 6.45) is 4.83. The van der Waals surface area contributed by atoms with Crippen LogP contribution in [0.15, 0.2) is 54.0 Å². The van der Waals surface area contributed by atoms with Gasteiger partial charge in [-0.15, -0.1) is 11.7 Å². The number of hydrazine groups is 1. The third kappa shape index (κ3) is 3.69. The number of nitrogens with zero attached hydrogens (tertiary/aromatic N) is 6. The first-order valence-corrected chi connectivity index (χ1v) is 12.3. The number of hydrogen-bond acceptors (Lipinski definition) is 9. The van der Waals surface area contributed by atoms with E-state index < -0.39 is 6.23 Å². The average Bonchev–Trinajstić information content (AvgIpc) is 3.58. The lowest BCUT2D eigenvalue weighted by Crippen LogP contribution is -2.38. The Morgan fingerprint density at radius 3 is 2.89 bits per heavy atom. The van der Waals surface area contributed by atoms with Crippen LogP contribution in [0.25, 0.3) is 0 Å². The van der Waals surface area contributed by atoms with Gasteiger partial charge in [-0.25, -0.2) is 14.7 Å². The second kappa shape index (κ2) is 8.51. The van der Waals surface area contributed by atoms with Crippen LogP contribution in [0, 0.1) is 0 Å². The third-order valence-corrected chi connectivity index (χ3v) is 7.21. The summed E-state index contributed by atoms with van der Waals surface area (Å²) in [5.74, 6) is 1.38. The fourth-order valence-corrected chi connectivity index (χ4v) is 5.23. The first kappa shape index (κ1) is 22.8. The van der Waals surface area contributed by atoms with Gasteiger partial charge in [0.25, 0.3) is 5.56 Å². The molecular formula is C26H30N8O2. The van der Waals surface area contributed by atoms with E-state index in [1.54, 1.807) is 28.4 Å². The van der Waals surface area contributed by atoms with Gasteiger partial charge in [-0.1, -0.05) is 12.1 Å². The van der Waals surface area contributed by atoms with Gasteiger partial charge in [-0.05, 0) is 56.0 Å². The molecule has 1 spiro atoms. The van der Waals surface area contributed by atoms with Crippen LogP contribution in [0.3, 0.4) is 0 Å². The highest BCUT2D eigenvalue weighted by molar-refractivity contribution is 5.65. The molecule has 1 aromatic carbocycles. The van der Waals surface area contributed by atoms with Crippen molar-refractivity contribution in [2.24, 2.45) is 0 Å². The largest absolute Gasteiger partial charge is 0.372 e. The molecule has 2 aliphatic heterocycles. The van der Waals surface area contributed by atoms with E-state index >= 15 is 0 Å². The minimum absolute atomic E-state index is 0.117. The van der Waals surface area contributed by atoms with Gasteiger partial charge in [0.05, 0.1) is 11.6 Å². The molecule has 186 valence electrons. The van der Waals surface area contributed by atoms with Crippen molar-refractivity contribution in [3.8, 4) is 0 Å². The van der Waals surface area contributed by atoms with E-state index in [1.807, 2.05) is 13.8 Å². The van der Waals surface area contributed by atoms with E-state index in [0.29, 0.717) is 35.1 Å². The standard InChI is InChI=1S/C26H30N8O2/c1-4-11-32-24(36)19-14-28-25(29-18-5-6-20-17(12-18)13-27-15-26(20)9-10-26)30-23(19)34(32)21-7-8-22(35)33(31-21)16(2)3/h4-8,12,14,16,24,27,36H,1,9-11,13,15H2,2-3H3,(H,28,29,30). The Labute approximate surface area is 209 Å². The quantitative estimate of drug-likeness (QED) is 0.453. The maximum absolute atomic E-state index is 12.3. The molecule has 1 fully saturated rings. The summed E-state index contributed by atoms with van der Waals surface area (Å²) in [5.41, 5.74) is 4.34. The lowest BCUT2D eigenvalue weighted by molar-refractivity contribution is 0.0244. The Morgan fingerprint density at radius 1 is 1.31 bits per heavy atom. The van der Waals surface area contributed by atoms with E-state index in [-0.39, 0.29) is 11.6 Å². The van der Waals surface area contributed by atoms with Crippen LogP contribution in [-0.2, 0) is 12.0 Å². The first-order chi connectivity index (χ1) is 17.4. The minimum atomic E-state index is -0.974. The van der Waals surface area contributed by atoms with Crippen molar-refractivity contribution in [1.82, 2.24) is 30.1 Å². The number of hydrogen-bond donors (Lipinski definition) is 3. The maximum Gasteiger partial charge on any atom is 0.267 e. The maximum atomic E-state index is 12.3.